The molecule has 11 nitrogen and oxygen atoms in total. The van der Waals surface area contributed by atoms with E-state index >= 15 is 0 Å². The van der Waals surface area contributed by atoms with E-state index in [4.69, 9.17) is 9.98 Å². The summed E-state index contributed by atoms with van der Waals surface area (Å²) in [4.78, 5) is 45.2. The van der Waals surface area contributed by atoms with Crippen LogP contribution in [0, 0.1) is 0 Å². The zero-order valence-corrected chi connectivity index (χ0v) is 21.5. The van der Waals surface area contributed by atoms with Gasteiger partial charge in [0.25, 0.3) is 5.91 Å². The maximum Gasteiger partial charge on any atom is 0.326 e. The van der Waals surface area contributed by atoms with Crippen molar-refractivity contribution >= 4 is 29.0 Å². The van der Waals surface area contributed by atoms with Gasteiger partial charge in [-0.3, -0.25) is 19.7 Å². The summed E-state index contributed by atoms with van der Waals surface area (Å²) in [5.74, 6) is -0.201. The first kappa shape index (κ1) is 23.6. The molecule has 2 aliphatic rings. The molecule has 0 unspecified atom stereocenters. The number of nitrogens with one attached hydrogen (secondary N) is 2. The molecule has 1 aliphatic heterocycles. The Bertz CT molecular complexity index is 1650. The lowest BCUT2D eigenvalue weighted by Gasteiger charge is -2.36. The minimum Gasteiger partial charge on any atom is -0.493 e. The van der Waals surface area contributed by atoms with E-state index < -0.39 is 5.69 Å². The second-order valence-electron chi connectivity index (χ2n) is 9.77. The largest absolute Gasteiger partial charge is 0.493 e. The number of carbonyl (C=O) groups excluding carboxylic acids is 1. The molecule has 3 N–H and O–H groups in total. The van der Waals surface area contributed by atoms with Crippen LogP contribution in [-0.4, -0.2) is 83.6 Å². The van der Waals surface area contributed by atoms with Gasteiger partial charge < -0.3 is 15.0 Å². The van der Waals surface area contributed by atoms with Crippen LogP contribution in [0.1, 0.15) is 42.1 Å². The number of aromatic nitrogens is 5. The van der Waals surface area contributed by atoms with Crippen molar-refractivity contribution in [2.75, 3.05) is 26.2 Å². The molecule has 1 saturated carbocycles. The number of carbonyl (C=O) groups is 1. The Morgan fingerprint density at radius 3 is 2.68 bits per heavy atom. The lowest BCUT2D eigenvalue weighted by molar-refractivity contribution is 0.0600. The molecule has 1 amide bonds. The Morgan fingerprint density at radius 2 is 2.00 bits per heavy atom. The average molecular weight is 521 g/mol. The minimum atomic E-state index is -0.500. The van der Waals surface area contributed by atoms with Gasteiger partial charge in [-0.2, -0.15) is 9.61 Å². The summed E-state index contributed by atoms with van der Waals surface area (Å²) >= 11 is 1.42. The average Bonchev–Trinajstić information content (AvgIpc) is 3.25. The number of aromatic hydroxyl groups is 1. The van der Waals surface area contributed by atoms with Crippen molar-refractivity contribution in [2.45, 2.75) is 38.8 Å². The Labute approximate surface area is 215 Å². The van der Waals surface area contributed by atoms with Crippen molar-refractivity contribution in [3.8, 4) is 16.5 Å². The normalized spacial score (nSPS) is 18.0. The monoisotopic (exact) mass is 520 g/mol. The Hall–Kier alpha value is -3.77. The molecular weight excluding hydrogens is 492 g/mol. The maximum absolute atomic E-state index is 13.2. The van der Waals surface area contributed by atoms with E-state index in [-0.39, 0.29) is 23.5 Å². The molecule has 0 radical (unpaired) electrons. The summed E-state index contributed by atoms with van der Waals surface area (Å²) in [7, 11) is 0. The van der Waals surface area contributed by atoms with Gasteiger partial charge in [0.05, 0.1) is 27.7 Å². The molecule has 4 aromatic heterocycles. The van der Waals surface area contributed by atoms with Crippen molar-refractivity contribution in [2.24, 2.45) is 4.99 Å². The second kappa shape index (κ2) is 9.27. The standard InChI is InChI=1S/C25H28N8O3S/c1-14(2)31-7-9-32(10-8-31)24(35)20-6-5-19(37-20)17-12-21(27-16-3-4-16)33-22(28-17)15(13-26-33)11-18-23(34)30-25(36)29-18/h5-6,11-14,16,34H,3-4,7-10H2,1-2H3,(H2,29,30,36)/b15-11+,27-21?. The number of hydrogen-bond donors (Lipinski definition) is 3. The molecule has 0 atom stereocenters. The fourth-order valence-electron chi connectivity index (χ4n) is 4.51. The van der Waals surface area contributed by atoms with E-state index in [1.165, 1.54) is 11.3 Å². The fraction of sp³-hybridized carbons (Fsp3) is 0.400. The van der Waals surface area contributed by atoms with Gasteiger partial charge in [-0.1, -0.05) is 0 Å². The number of amides is 1. The quantitative estimate of drug-likeness (QED) is 0.359. The summed E-state index contributed by atoms with van der Waals surface area (Å²) in [5.41, 5.74) is 1.67. The van der Waals surface area contributed by atoms with Crippen LogP contribution in [0.5, 0.6) is 5.88 Å². The van der Waals surface area contributed by atoms with Crippen LogP contribution in [-0.2, 0) is 0 Å². The Morgan fingerprint density at radius 1 is 1.22 bits per heavy atom. The molecule has 0 aromatic carbocycles. The lowest BCUT2D eigenvalue weighted by Crippen LogP contribution is -2.50. The Kier molecular flexibility index (Phi) is 5.92. The van der Waals surface area contributed by atoms with Crippen molar-refractivity contribution < 1.29 is 9.90 Å². The van der Waals surface area contributed by atoms with E-state index in [0.29, 0.717) is 33.0 Å². The third-order valence-corrected chi connectivity index (χ3v) is 7.87. The molecule has 0 bridgehead atoms. The van der Waals surface area contributed by atoms with Crippen LogP contribution >= 0.6 is 11.3 Å². The predicted octanol–water partition coefficient (Wildman–Crippen LogP) is 0.957. The number of H-pyrrole nitrogens is 2. The summed E-state index contributed by atoms with van der Waals surface area (Å²) in [6, 6.07) is 6.45. The summed E-state index contributed by atoms with van der Waals surface area (Å²) in [6.45, 7) is 7.58. The van der Waals surface area contributed by atoms with Gasteiger partial charge >= 0.3 is 5.69 Å². The number of rotatable bonds is 5. The molecule has 37 heavy (non-hydrogen) atoms. The van der Waals surface area contributed by atoms with Gasteiger partial charge in [0.2, 0.25) is 5.88 Å². The van der Waals surface area contributed by atoms with E-state index in [1.807, 2.05) is 23.1 Å². The molecule has 12 heteroatoms. The smallest absolute Gasteiger partial charge is 0.326 e. The highest BCUT2D eigenvalue weighted by atomic mass is 32.1. The Balaban J connectivity index is 1.37. The number of fused-ring (bicyclic) bond motifs is 1. The van der Waals surface area contributed by atoms with Gasteiger partial charge in [-0.15, -0.1) is 11.3 Å². The van der Waals surface area contributed by atoms with Crippen molar-refractivity contribution in [3.05, 3.63) is 56.2 Å². The van der Waals surface area contributed by atoms with Crippen LogP contribution in [0.2, 0.25) is 0 Å². The highest BCUT2D eigenvalue weighted by Crippen LogP contribution is 2.28. The minimum absolute atomic E-state index is 0.0499. The van der Waals surface area contributed by atoms with Crippen LogP contribution in [0.4, 0.5) is 0 Å². The number of thiophene rings is 1. The van der Waals surface area contributed by atoms with E-state index in [1.54, 1.807) is 16.8 Å². The zero-order chi connectivity index (χ0) is 25.7. The van der Waals surface area contributed by atoms with E-state index in [0.717, 1.165) is 43.9 Å². The first-order valence-electron chi connectivity index (χ1n) is 12.4. The molecule has 5 heterocycles. The summed E-state index contributed by atoms with van der Waals surface area (Å²) in [6.07, 6.45) is 5.33. The van der Waals surface area contributed by atoms with Crippen LogP contribution in [0.25, 0.3) is 22.3 Å². The molecule has 2 fully saturated rings. The topological polar surface area (TPSA) is 135 Å². The molecule has 1 aliphatic carbocycles. The first-order valence-corrected chi connectivity index (χ1v) is 13.3. The van der Waals surface area contributed by atoms with Gasteiger partial charge in [0.1, 0.15) is 5.69 Å². The summed E-state index contributed by atoms with van der Waals surface area (Å²) in [5, 5.41) is 15.1. The van der Waals surface area contributed by atoms with Gasteiger partial charge in [0, 0.05) is 43.5 Å². The maximum atomic E-state index is 13.2. The van der Waals surface area contributed by atoms with E-state index in [2.05, 4.69) is 33.8 Å². The molecule has 192 valence electrons. The second-order valence-corrected chi connectivity index (χ2v) is 10.9. The van der Waals surface area contributed by atoms with Gasteiger partial charge in [-0.05, 0) is 44.9 Å². The van der Waals surface area contributed by atoms with Gasteiger partial charge in [0.15, 0.2) is 11.1 Å². The molecular formula is C25H28N8O3S. The number of nitrogens with zero attached hydrogens (tertiary/aromatic N) is 6. The number of piperazine rings is 1. The molecule has 1 saturated heterocycles. The first-order chi connectivity index (χ1) is 17.9. The number of hydrogen-bond acceptors (Lipinski definition) is 8. The number of aromatic amines is 2. The van der Waals surface area contributed by atoms with Gasteiger partial charge in [-0.25, -0.2) is 9.78 Å². The molecule has 6 rings (SSSR count). The molecule has 0 spiro atoms. The van der Waals surface area contributed by atoms with E-state index in [9.17, 15) is 14.7 Å². The van der Waals surface area contributed by atoms with Crippen LogP contribution in [0.15, 0.2) is 34.2 Å². The van der Waals surface area contributed by atoms with Crippen LogP contribution < -0.4 is 16.4 Å². The van der Waals surface area contributed by atoms with Crippen molar-refractivity contribution in [1.29, 1.82) is 0 Å². The lowest BCUT2D eigenvalue weighted by atomic mass is 10.2. The SMILES string of the molecule is CC(C)N1CCN(C(=O)c2ccc(-c3cc(=NC4CC4)n4nc/c(=C\c5[nH]c(=O)[nH]c5O)c4n3)s2)CC1. The highest BCUT2D eigenvalue weighted by Gasteiger charge is 2.25. The predicted molar refractivity (Wildman–Crippen MR) is 139 cm³/mol. The van der Waals surface area contributed by atoms with Crippen molar-refractivity contribution in [3.63, 3.8) is 0 Å². The van der Waals surface area contributed by atoms with Crippen molar-refractivity contribution in [1.82, 2.24) is 34.4 Å². The molecule has 4 aromatic rings. The van der Waals surface area contributed by atoms with Crippen LogP contribution in [0.3, 0.4) is 0 Å². The fourth-order valence-corrected chi connectivity index (χ4v) is 5.44. The summed E-state index contributed by atoms with van der Waals surface area (Å²) < 4.78 is 1.67. The third-order valence-electron chi connectivity index (χ3n) is 6.78. The number of imidazole rings is 1. The zero-order valence-electron chi connectivity index (χ0n) is 20.6. The third kappa shape index (κ3) is 4.69. The highest BCUT2D eigenvalue weighted by molar-refractivity contribution is 7.17.